The van der Waals surface area contributed by atoms with E-state index in [1.807, 2.05) is 0 Å². The molecular formula is C2H8MgO5Ti. The Balaban J connectivity index is -0.0000000171. The van der Waals surface area contributed by atoms with Gasteiger partial charge < -0.3 is 7.96 Å². The normalized spacial score (nSPS) is 5.67. The van der Waals surface area contributed by atoms with Crippen molar-refractivity contribution in [3.63, 3.8) is 0 Å². The Labute approximate surface area is 77.9 Å². The molecule has 52 valence electrons. The van der Waals surface area contributed by atoms with Crippen molar-refractivity contribution < 1.29 is 42.1 Å². The Morgan fingerprint density at radius 1 is 1.56 bits per heavy atom. The van der Waals surface area contributed by atoms with Crippen molar-refractivity contribution >= 4 is 29.0 Å². The first kappa shape index (κ1) is 16.3. The number of carboxylic acid groups (broad SMARTS) is 1. The SMILES string of the molecule is CC(=O)O.[H-].[H-].[Mg+2].[O]=[Ti]([OH])[OH]. The minimum absolute atomic E-state index is 0. The van der Waals surface area contributed by atoms with Gasteiger partial charge in [-0.1, -0.05) is 0 Å². The number of aliphatic carboxylic acids is 1. The molecule has 3 N–H and O–H groups in total. The standard InChI is InChI=1S/C2H4O2.Mg.2H2O.O.Ti.2H/c1-2(3)4;;;;;;;/h1H3,(H,3,4);;2*1H2;;;;/q;+2;;;;+2;2*-1/p-2. The summed E-state index contributed by atoms with van der Waals surface area (Å²) in [6, 6.07) is 0. The van der Waals surface area contributed by atoms with Crippen LogP contribution in [0, 0.1) is 0 Å². The van der Waals surface area contributed by atoms with Crippen LogP contribution in [0.2, 0.25) is 0 Å². The molecule has 0 aromatic carbocycles. The molecule has 0 saturated heterocycles. The molecule has 0 radical (unpaired) electrons. The van der Waals surface area contributed by atoms with E-state index in [1.54, 1.807) is 0 Å². The number of carbonyl (C=O) groups is 1. The van der Waals surface area contributed by atoms with Gasteiger partial charge in [0.05, 0.1) is 0 Å². The Kier molecular flexibility index (Phi) is 20.8. The van der Waals surface area contributed by atoms with Crippen LogP contribution in [-0.2, 0) is 26.7 Å². The zero-order valence-corrected chi connectivity index (χ0v) is 7.84. The van der Waals surface area contributed by atoms with E-state index < -0.39 is 24.6 Å². The number of carboxylic acids is 1. The van der Waals surface area contributed by atoms with Crippen molar-refractivity contribution in [1.82, 2.24) is 0 Å². The van der Waals surface area contributed by atoms with Gasteiger partial charge in [-0.15, -0.1) is 0 Å². The zero-order chi connectivity index (χ0) is 7.15. The van der Waals surface area contributed by atoms with Gasteiger partial charge in [-0.25, -0.2) is 0 Å². The summed E-state index contributed by atoms with van der Waals surface area (Å²) in [4.78, 5) is 9.00. The van der Waals surface area contributed by atoms with E-state index in [1.165, 1.54) is 0 Å². The monoisotopic (exact) mass is 184 g/mol. The quantitative estimate of drug-likeness (QED) is 0.407. The van der Waals surface area contributed by atoms with Crippen LogP contribution in [0.5, 0.6) is 0 Å². The molecule has 0 aliphatic heterocycles. The van der Waals surface area contributed by atoms with E-state index in [0.717, 1.165) is 6.92 Å². The molecule has 0 bridgehead atoms. The summed E-state index contributed by atoms with van der Waals surface area (Å²) in [6.07, 6.45) is 0. The van der Waals surface area contributed by atoms with Crippen LogP contribution in [0.15, 0.2) is 0 Å². The molecule has 0 aliphatic carbocycles. The van der Waals surface area contributed by atoms with Crippen molar-refractivity contribution in [1.29, 1.82) is 0 Å². The van der Waals surface area contributed by atoms with Crippen LogP contribution in [0.4, 0.5) is 0 Å². The second-order valence-electron chi connectivity index (χ2n) is 0.802. The Hall–Kier alpha value is 0.671. The molecule has 9 heavy (non-hydrogen) atoms. The predicted octanol–water partition coefficient (Wildman–Crippen LogP) is -1.30. The molecule has 0 saturated carbocycles. The number of hydrogen-bond acceptors (Lipinski definition) is 2. The third-order valence-electron chi connectivity index (χ3n) is 0. The van der Waals surface area contributed by atoms with E-state index in [-0.39, 0.29) is 25.9 Å². The first-order chi connectivity index (χ1) is 3.46. The predicted molar refractivity (Wildman–Crippen MR) is 26.4 cm³/mol. The Bertz CT molecular complexity index is 80.5. The molecule has 0 spiro atoms. The molecule has 0 heterocycles. The molecule has 7 heteroatoms. The number of hydrogen-bond donors (Lipinski definition) is 3. The van der Waals surface area contributed by atoms with Gasteiger partial charge >= 0.3 is 52.4 Å². The van der Waals surface area contributed by atoms with Gasteiger partial charge in [-0.3, -0.25) is 4.79 Å². The Morgan fingerprint density at radius 3 is 1.56 bits per heavy atom. The molecule has 5 nitrogen and oxygen atoms in total. The Morgan fingerprint density at radius 2 is 1.56 bits per heavy atom. The van der Waals surface area contributed by atoms with Gasteiger partial charge in [0, 0.05) is 6.92 Å². The van der Waals surface area contributed by atoms with E-state index in [9.17, 15) is 0 Å². The van der Waals surface area contributed by atoms with Gasteiger partial charge in [0.1, 0.15) is 0 Å². The minimum atomic E-state index is -3.58. The third-order valence-corrected chi connectivity index (χ3v) is 0. The summed E-state index contributed by atoms with van der Waals surface area (Å²) in [5.74, 6) is -0.833. The third kappa shape index (κ3) is 858. The van der Waals surface area contributed by atoms with Gasteiger partial charge in [0.2, 0.25) is 0 Å². The molecule has 0 amide bonds. The van der Waals surface area contributed by atoms with Crippen LogP contribution in [-0.4, -0.2) is 41.5 Å². The molecule has 0 rings (SSSR count). The summed E-state index contributed by atoms with van der Waals surface area (Å²) in [7, 11) is 0. The summed E-state index contributed by atoms with van der Waals surface area (Å²) >= 11 is -3.58. The van der Waals surface area contributed by atoms with Crippen LogP contribution in [0.1, 0.15) is 9.78 Å². The summed E-state index contributed by atoms with van der Waals surface area (Å²) in [6.45, 7) is 1.08. The van der Waals surface area contributed by atoms with Crippen LogP contribution < -0.4 is 0 Å². The second-order valence-corrected chi connectivity index (χ2v) is 1.68. The molecule has 0 unspecified atom stereocenters. The van der Waals surface area contributed by atoms with Gasteiger partial charge in [0.25, 0.3) is 5.97 Å². The molecular weight excluding hydrogens is 176 g/mol. The fraction of sp³-hybridized carbons (Fsp3) is 0.500. The second kappa shape index (κ2) is 11.5. The summed E-state index contributed by atoms with van der Waals surface area (Å²) < 4.78 is 23.2. The summed E-state index contributed by atoms with van der Waals surface area (Å²) in [5.41, 5.74) is 0. The first-order valence-corrected chi connectivity index (χ1v) is 3.61. The zero-order valence-electron chi connectivity index (χ0n) is 6.87. The van der Waals surface area contributed by atoms with Crippen molar-refractivity contribution in [3.05, 3.63) is 0 Å². The van der Waals surface area contributed by atoms with E-state index >= 15 is 0 Å². The van der Waals surface area contributed by atoms with Crippen molar-refractivity contribution in [2.75, 3.05) is 0 Å². The molecule has 0 aromatic rings. The first-order valence-electron chi connectivity index (χ1n) is 1.58. The fourth-order valence-corrected chi connectivity index (χ4v) is 0. The fourth-order valence-electron chi connectivity index (χ4n) is 0. The molecule has 0 atom stereocenters. The van der Waals surface area contributed by atoms with E-state index in [4.69, 9.17) is 20.6 Å². The van der Waals surface area contributed by atoms with E-state index in [0.29, 0.717) is 0 Å². The van der Waals surface area contributed by atoms with Gasteiger partial charge in [-0.05, 0) is 0 Å². The average molecular weight is 184 g/mol. The molecule has 0 fully saturated rings. The van der Waals surface area contributed by atoms with Crippen molar-refractivity contribution in [3.8, 4) is 0 Å². The van der Waals surface area contributed by atoms with Gasteiger partial charge in [-0.2, -0.15) is 0 Å². The van der Waals surface area contributed by atoms with Gasteiger partial charge in [0.15, 0.2) is 0 Å². The number of rotatable bonds is 0. The van der Waals surface area contributed by atoms with E-state index in [2.05, 4.69) is 0 Å². The molecule has 0 aromatic heterocycles. The summed E-state index contributed by atoms with van der Waals surface area (Å²) in [5, 5.41) is 7.42. The maximum absolute atomic E-state index is 9.00. The van der Waals surface area contributed by atoms with Crippen LogP contribution in [0.3, 0.4) is 0 Å². The molecule has 0 aliphatic rings. The average Bonchev–Trinajstić information content (AvgIpc) is 1.25. The maximum atomic E-state index is 9.00. The van der Waals surface area contributed by atoms with Crippen LogP contribution >= 0.6 is 0 Å². The van der Waals surface area contributed by atoms with Crippen LogP contribution in [0.25, 0.3) is 0 Å². The van der Waals surface area contributed by atoms with Crippen molar-refractivity contribution in [2.45, 2.75) is 6.92 Å². The van der Waals surface area contributed by atoms with Crippen molar-refractivity contribution in [2.24, 2.45) is 0 Å². The topological polar surface area (TPSA) is 94.8 Å².